The fourth-order valence-electron chi connectivity index (χ4n) is 0.236. The van der Waals surface area contributed by atoms with Crippen LogP contribution in [0.4, 0.5) is 0 Å². The predicted molar refractivity (Wildman–Crippen MR) is 32.5 cm³/mol. The van der Waals surface area contributed by atoms with Gasteiger partial charge in [0.2, 0.25) is 0 Å². The summed E-state index contributed by atoms with van der Waals surface area (Å²) in [5.74, 6) is 4.26. The van der Waals surface area contributed by atoms with Crippen LogP contribution in [-0.4, -0.2) is 16.2 Å². The highest BCUT2D eigenvalue weighted by Gasteiger charge is 1.75. The average molecular weight is 106 g/mol. The molecule has 0 bridgehead atoms. The first kappa shape index (κ1) is 6.18. The first-order valence-electron chi connectivity index (χ1n) is 1.97. The van der Waals surface area contributed by atoms with Crippen molar-refractivity contribution >= 4 is 16.6 Å². The van der Waals surface area contributed by atoms with Gasteiger partial charge in [0.05, 0.1) is 0 Å². The Labute approximate surface area is 41.1 Å². The van der Waals surface area contributed by atoms with E-state index in [2.05, 4.69) is 5.87 Å². The van der Waals surface area contributed by atoms with Crippen molar-refractivity contribution in [3.63, 3.8) is 0 Å². The van der Waals surface area contributed by atoms with Crippen LogP contribution >= 0.6 is 10.8 Å². The van der Waals surface area contributed by atoms with Crippen molar-refractivity contribution in [2.75, 3.05) is 5.75 Å². The molecule has 1 atom stereocenters. The lowest BCUT2D eigenvalue weighted by molar-refractivity contribution is 0.659. The molecule has 0 saturated heterocycles. The minimum atomic E-state index is -0.566. The average Bonchev–Trinajstić information content (AvgIpc) is 1.35. The van der Waals surface area contributed by atoms with E-state index in [9.17, 15) is 0 Å². The summed E-state index contributed by atoms with van der Waals surface area (Å²) in [6, 6.07) is 0. The van der Waals surface area contributed by atoms with Crippen LogP contribution in [0.3, 0.4) is 0 Å². The van der Waals surface area contributed by atoms with Gasteiger partial charge in [0.1, 0.15) is 0 Å². The molecule has 0 aromatic carbocycles. The molecular formula is C4H10OS. The van der Waals surface area contributed by atoms with E-state index in [1.165, 1.54) is 0 Å². The number of hydrogen-bond donors (Lipinski definition) is 1. The quantitative estimate of drug-likeness (QED) is 0.530. The standard InChI is InChI=1S/C4H10OS/c1-3-4-6(2)5/h5H,2-4H2,1H3. The van der Waals surface area contributed by atoms with Gasteiger partial charge in [0.15, 0.2) is 0 Å². The summed E-state index contributed by atoms with van der Waals surface area (Å²) in [5.41, 5.74) is 0. The van der Waals surface area contributed by atoms with E-state index >= 15 is 0 Å². The van der Waals surface area contributed by atoms with E-state index in [0.29, 0.717) is 0 Å². The molecule has 0 rings (SSSR count). The molecule has 1 unspecified atom stereocenters. The molecule has 1 N–H and O–H groups in total. The van der Waals surface area contributed by atoms with Gasteiger partial charge in [-0.15, -0.1) is 0 Å². The third kappa shape index (κ3) is 4.18. The molecule has 0 heterocycles. The number of hydrogen-bond acceptors (Lipinski definition) is 1. The van der Waals surface area contributed by atoms with Gasteiger partial charge in [-0.3, -0.25) is 0 Å². The van der Waals surface area contributed by atoms with Gasteiger partial charge < -0.3 is 4.55 Å². The Kier molecular flexibility index (Phi) is 3.47. The van der Waals surface area contributed by atoms with Gasteiger partial charge in [-0.05, 0) is 6.42 Å². The first-order chi connectivity index (χ1) is 2.77. The van der Waals surface area contributed by atoms with Crippen molar-refractivity contribution in [1.29, 1.82) is 0 Å². The molecule has 0 aromatic rings. The highest BCUT2D eigenvalue weighted by atomic mass is 32.2. The predicted octanol–water partition coefficient (Wildman–Crippen LogP) is 1.57. The Balaban J connectivity index is 2.83. The molecular weight excluding hydrogens is 96.1 g/mol. The summed E-state index contributed by atoms with van der Waals surface area (Å²) >= 11 is 0. The SMILES string of the molecule is C=S(O)CCC. The van der Waals surface area contributed by atoms with E-state index in [4.69, 9.17) is 4.55 Å². The van der Waals surface area contributed by atoms with E-state index in [1.54, 1.807) is 0 Å². The summed E-state index contributed by atoms with van der Waals surface area (Å²) in [7, 11) is -0.566. The highest BCUT2D eigenvalue weighted by molar-refractivity contribution is 8.09. The maximum absolute atomic E-state index is 8.47. The first-order valence-corrected chi connectivity index (χ1v) is 3.49. The zero-order valence-corrected chi connectivity index (χ0v) is 4.79. The molecule has 2 heteroatoms. The van der Waals surface area contributed by atoms with Gasteiger partial charge in [-0.25, -0.2) is 0 Å². The van der Waals surface area contributed by atoms with Crippen LogP contribution in [0, 0.1) is 0 Å². The van der Waals surface area contributed by atoms with Crippen molar-refractivity contribution in [3.8, 4) is 0 Å². The van der Waals surface area contributed by atoms with Crippen LogP contribution in [0.1, 0.15) is 13.3 Å². The molecule has 0 fully saturated rings. The maximum Gasteiger partial charge on any atom is 0.0114 e. The summed E-state index contributed by atoms with van der Waals surface area (Å²) < 4.78 is 8.47. The minimum absolute atomic E-state index is 0.566. The van der Waals surface area contributed by atoms with E-state index in [0.717, 1.165) is 12.2 Å². The van der Waals surface area contributed by atoms with Gasteiger partial charge in [0.25, 0.3) is 0 Å². The lowest BCUT2D eigenvalue weighted by atomic mass is 10.6. The van der Waals surface area contributed by atoms with Gasteiger partial charge in [-0.2, -0.15) is 0 Å². The molecule has 0 spiro atoms. The maximum atomic E-state index is 8.47. The molecule has 0 saturated carbocycles. The fraction of sp³-hybridized carbons (Fsp3) is 0.750. The Morgan fingerprint density at radius 3 is 2.33 bits per heavy atom. The van der Waals surface area contributed by atoms with Crippen molar-refractivity contribution < 1.29 is 4.55 Å². The van der Waals surface area contributed by atoms with E-state index < -0.39 is 10.8 Å². The summed E-state index contributed by atoms with van der Waals surface area (Å²) in [6.07, 6.45) is 1.03. The van der Waals surface area contributed by atoms with Gasteiger partial charge in [-0.1, -0.05) is 23.6 Å². The monoisotopic (exact) mass is 106 g/mol. The third-order valence-corrected chi connectivity index (χ3v) is 1.32. The molecule has 0 aliphatic carbocycles. The van der Waals surface area contributed by atoms with Crippen LogP contribution in [0.15, 0.2) is 0 Å². The van der Waals surface area contributed by atoms with Crippen LogP contribution in [-0.2, 0) is 0 Å². The summed E-state index contributed by atoms with van der Waals surface area (Å²) in [4.78, 5) is 0. The normalized spacial score (nSPS) is 14.3. The zero-order valence-electron chi connectivity index (χ0n) is 3.98. The zero-order chi connectivity index (χ0) is 4.99. The molecule has 1 nitrogen and oxygen atoms in total. The second-order valence-corrected chi connectivity index (χ2v) is 2.50. The van der Waals surface area contributed by atoms with Crippen molar-refractivity contribution in [2.24, 2.45) is 0 Å². The Bertz CT molecular complexity index is 51.5. The smallest absolute Gasteiger partial charge is 0.0114 e. The Morgan fingerprint density at radius 2 is 2.33 bits per heavy atom. The van der Waals surface area contributed by atoms with E-state index in [-0.39, 0.29) is 0 Å². The molecule has 0 radical (unpaired) electrons. The second-order valence-electron chi connectivity index (χ2n) is 1.17. The summed E-state index contributed by atoms with van der Waals surface area (Å²) in [6.45, 7) is 2.03. The van der Waals surface area contributed by atoms with Crippen molar-refractivity contribution in [1.82, 2.24) is 0 Å². The molecule has 0 aliphatic rings. The van der Waals surface area contributed by atoms with E-state index in [1.807, 2.05) is 6.92 Å². The topological polar surface area (TPSA) is 20.2 Å². The molecule has 0 aromatic heterocycles. The van der Waals surface area contributed by atoms with Crippen LogP contribution in [0.25, 0.3) is 0 Å². The molecule has 38 valence electrons. The van der Waals surface area contributed by atoms with Crippen molar-refractivity contribution in [2.45, 2.75) is 13.3 Å². The molecule has 6 heavy (non-hydrogen) atoms. The Morgan fingerprint density at radius 1 is 1.83 bits per heavy atom. The Hall–Kier alpha value is 0.180. The summed E-state index contributed by atoms with van der Waals surface area (Å²) in [5, 5.41) is 0. The molecule has 0 amide bonds. The molecule has 0 aliphatic heterocycles. The minimum Gasteiger partial charge on any atom is -0.338 e. The van der Waals surface area contributed by atoms with Crippen LogP contribution in [0.2, 0.25) is 0 Å². The van der Waals surface area contributed by atoms with Crippen LogP contribution < -0.4 is 0 Å². The van der Waals surface area contributed by atoms with Gasteiger partial charge >= 0.3 is 0 Å². The third-order valence-electron chi connectivity index (χ3n) is 0.440. The lowest BCUT2D eigenvalue weighted by Crippen LogP contribution is -1.72. The highest BCUT2D eigenvalue weighted by Crippen LogP contribution is 2.00. The number of rotatable bonds is 2. The largest absolute Gasteiger partial charge is 0.338 e. The van der Waals surface area contributed by atoms with Gasteiger partial charge in [0, 0.05) is 5.75 Å². The fourth-order valence-corrected chi connectivity index (χ4v) is 0.707. The van der Waals surface area contributed by atoms with Crippen LogP contribution in [0.5, 0.6) is 0 Å². The van der Waals surface area contributed by atoms with Crippen molar-refractivity contribution in [3.05, 3.63) is 0 Å². The second kappa shape index (κ2) is 3.37. The lowest BCUT2D eigenvalue weighted by Gasteiger charge is -1.88.